The van der Waals surface area contributed by atoms with Crippen LogP contribution < -0.4 is 10.1 Å². The summed E-state index contributed by atoms with van der Waals surface area (Å²) in [6, 6.07) is 8.02. The standard InChI is InChI=1S/C19H27N3O3/c1-25-17-6-3-2-5-16(17)13-15-7-11-21(12-8-15)9-4-10-22-18(23)14-20-19(22)24/h2-3,5-6,15H,4,7-14H2,1H3,(H,20,24). The number of urea groups is 1. The third-order valence-corrected chi connectivity index (χ3v) is 5.20. The lowest BCUT2D eigenvalue weighted by atomic mass is 9.90. The Morgan fingerprint density at radius 2 is 1.92 bits per heavy atom. The highest BCUT2D eigenvalue weighted by molar-refractivity contribution is 6.01. The number of piperidine rings is 1. The molecule has 0 saturated carbocycles. The number of amides is 3. The number of carbonyl (C=O) groups is 2. The molecule has 0 spiro atoms. The van der Waals surface area contributed by atoms with Crippen molar-refractivity contribution in [2.75, 3.05) is 39.8 Å². The summed E-state index contributed by atoms with van der Waals surface area (Å²) in [4.78, 5) is 26.8. The Kier molecular flexibility index (Phi) is 5.91. The van der Waals surface area contributed by atoms with E-state index in [4.69, 9.17) is 4.74 Å². The number of carbonyl (C=O) groups excluding carboxylic acids is 2. The van der Waals surface area contributed by atoms with E-state index in [9.17, 15) is 9.59 Å². The fourth-order valence-corrected chi connectivity index (χ4v) is 3.73. The van der Waals surface area contributed by atoms with Gasteiger partial charge in [-0.2, -0.15) is 0 Å². The van der Waals surface area contributed by atoms with E-state index in [-0.39, 0.29) is 18.5 Å². The van der Waals surface area contributed by atoms with Gasteiger partial charge in [0, 0.05) is 6.54 Å². The zero-order valence-electron chi connectivity index (χ0n) is 14.9. The molecule has 1 N–H and O–H groups in total. The van der Waals surface area contributed by atoms with Crippen molar-refractivity contribution in [2.45, 2.75) is 25.7 Å². The van der Waals surface area contributed by atoms with Crippen molar-refractivity contribution in [2.24, 2.45) is 5.92 Å². The number of ether oxygens (including phenoxy) is 1. The zero-order chi connectivity index (χ0) is 17.6. The maximum Gasteiger partial charge on any atom is 0.324 e. The van der Waals surface area contributed by atoms with Crippen LogP contribution in [0.25, 0.3) is 0 Å². The monoisotopic (exact) mass is 345 g/mol. The van der Waals surface area contributed by atoms with Gasteiger partial charge in [0.05, 0.1) is 13.7 Å². The predicted octanol–water partition coefficient (Wildman–Crippen LogP) is 1.89. The molecule has 3 amide bonds. The Bertz CT molecular complexity index is 596. The summed E-state index contributed by atoms with van der Waals surface area (Å²) in [5, 5.41) is 2.56. The van der Waals surface area contributed by atoms with Crippen LogP contribution in [-0.4, -0.2) is 61.6 Å². The van der Waals surface area contributed by atoms with Crippen molar-refractivity contribution >= 4 is 11.9 Å². The number of benzene rings is 1. The van der Waals surface area contributed by atoms with Crippen LogP contribution in [0.4, 0.5) is 4.79 Å². The van der Waals surface area contributed by atoms with Gasteiger partial charge in [0.1, 0.15) is 5.75 Å². The van der Waals surface area contributed by atoms with E-state index in [1.54, 1.807) is 7.11 Å². The molecule has 136 valence electrons. The van der Waals surface area contributed by atoms with E-state index in [0.29, 0.717) is 12.5 Å². The number of methoxy groups -OCH3 is 1. The maximum absolute atomic E-state index is 11.6. The van der Waals surface area contributed by atoms with Crippen LogP contribution in [0.2, 0.25) is 0 Å². The molecule has 0 unspecified atom stereocenters. The van der Waals surface area contributed by atoms with Gasteiger partial charge in [-0.3, -0.25) is 9.69 Å². The van der Waals surface area contributed by atoms with E-state index in [1.807, 2.05) is 12.1 Å². The Labute approximate surface area is 149 Å². The van der Waals surface area contributed by atoms with Crippen LogP contribution >= 0.6 is 0 Å². The fourth-order valence-electron chi connectivity index (χ4n) is 3.73. The number of para-hydroxylation sites is 1. The molecule has 2 saturated heterocycles. The fraction of sp³-hybridized carbons (Fsp3) is 0.579. The Balaban J connectivity index is 1.38. The van der Waals surface area contributed by atoms with Crippen LogP contribution in [0.3, 0.4) is 0 Å². The normalized spacial score (nSPS) is 19.3. The van der Waals surface area contributed by atoms with Gasteiger partial charge in [0.2, 0.25) is 5.91 Å². The molecule has 2 fully saturated rings. The third kappa shape index (κ3) is 4.51. The minimum absolute atomic E-state index is 0.111. The smallest absolute Gasteiger partial charge is 0.324 e. The second-order valence-corrected chi connectivity index (χ2v) is 6.86. The van der Waals surface area contributed by atoms with Gasteiger partial charge in [-0.05, 0) is 62.9 Å². The summed E-state index contributed by atoms with van der Waals surface area (Å²) in [6.07, 6.45) is 4.28. The molecular weight excluding hydrogens is 318 g/mol. The summed E-state index contributed by atoms with van der Waals surface area (Å²) >= 11 is 0. The largest absolute Gasteiger partial charge is 0.496 e. The molecule has 0 aromatic heterocycles. The van der Waals surface area contributed by atoms with E-state index in [0.717, 1.165) is 38.2 Å². The summed E-state index contributed by atoms with van der Waals surface area (Å²) in [5.41, 5.74) is 1.29. The Morgan fingerprint density at radius 1 is 1.16 bits per heavy atom. The van der Waals surface area contributed by atoms with Gasteiger partial charge in [0.25, 0.3) is 0 Å². The van der Waals surface area contributed by atoms with Gasteiger partial charge in [0.15, 0.2) is 0 Å². The van der Waals surface area contributed by atoms with Gasteiger partial charge >= 0.3 is 6.03 Å². The lowest BCUT2D eigenvalue weighted by molar-refractivity contribution is -0.125. The van der Waals surface area contributed by atoms with E-state index >= 15 is 0 Å². The Hall–Kier alpha value is -2.08. The molecule has 2 aliphatic heterocycles. The van der Waals surface area contributed by atoms with Crippen molar-refractivity contribution in [3.05, 3.63) is 29.8 Å². The summed E-state index contributed by atoms with van der Waals surface area (Å²) in [5.74, 6) is 1.57. The second kappa shape index (κ2) is 8.34. The minimum Gasteiger partial charge on any atom is -0.496 e. The van der Waals surface area contributed by atoms with Crippen molar-refractivity contribution < 1.29 is 14.3 Å². The number of nitrogens with zero attached hydrogens (tertiary/aromatic N) is 2. The maximum atomic E-state index is 11.6. The lowest BCUT2D eigenvalue weighted by Crippen LogP contribution is -2.38. The zero-order valence-corrected chi connectivity index (χ0v) is 14.9. The number of hydrogen-bond donors (Lipinski definition) is 1. The first-order valence-corrected chi connectivity index (χ1v) is 9.10. The van der Waals surface area contributed by atoms with Gasteiger partial charge < -0.3 is 15.0 Å². The van der Waals surface area contributed by atoms with Crippen LogP contribution in [0, 0.1) is 5.92 Å². The van der Waals surface area contributed by atoms with E-state index < -0.39 is 0 Å². The summed E-state index contributed by atoms with van der Waals surface area (Å²) in [7, 11) is 1.73. The first kappa shape index (κ1) is 17.7. The van der Waals surface area contributed by atoms with Crippen LogP contribution in [-0.2, 0) is 11.2 Å². The highest BCUT2D eigenvalue weighted by Crippen LogP contribution is 2.26. The quantitative estimate of drug-likeness (QED) is 0.767. The van der Waals surface area contributed by atoms with E-state index in [1.165, 1.54) is 23.3 Å². The lowest BCUT2D eigenvalue weighted by Gasteiger charge is -2.32. The highest BCUT2D eigenvalue weighted by atomic mass is 16.5. The van der Waals surface area contributed by atoms with Crippen molar-refractivity contribution in [3.8, 4) is 5.75 Å². The van der Waals surface area contributed by atoms with Crippen molar-refractivity contribution in [1.29, 1.82) is 0 Å². The number of imide groups is 1. The SMILES string of the molecule is COc1ccccc1CC1CCN(CCCN2C(=O)CNC2=O)CC1. The molecule has 2 heterocycles. The summed E-state index contributed by atoms with van der Waals surface area (Å²) in [6.45, 7) is 3.78. The average molecular weight is 345 g/mol. The molecule has 0 aliphatic carbocycles. The molecule has 1 aromatic carbocycles. The number of rotatable bonds is 7. The van der Waals surface area contributed by atoms with Crippen LogP contribution in [0.15, 0.2) is 24.3 Å². The van der Waals surface area contributed by atoms with Crippen LogP contribution in [0.1, 0.15) is 24.8 Å². The molecule has 6 nitrogen and oxygen atoms in total. The molecular formula is C19H27N3O3. The third-order valence-electron chi connectivity index (χ3n) is 5.20. The predicted molar refractivity (Wildman–Crippen MR) is 95.6 cm³/mol. The number of hydrogen-bond acceptors (Lipinski definition) is 4. The number of likely N-dealkylation sites (tertiary alicyclic amines) is 1. The van der Waals surface area contributed by atoms with Gasteiger partial charge in [-0.15, -0.1) is 0 Å². The summed E-state index contributed by atoms with van der Waals surface area (Å²) < 4.78 is 5.45. The molecule has 2 aliphatic rings. The number of nitrogens with one attached hydrogen (secondary N) is 1. The van der Waals surface area contributed by atoms with Crippen molar-refractivity contribution in [3.63, 3.8) is 0 Å². The topological polar surface area (TPSA) is 61.9 Å². The second-order valence-electron chi connectivity index (χ2n) is 6.86. The van der Waals surface area contributed by atoms with Crippen molar-refractivity contribution in [1.82, 2.24) is 15.1 Å². The average Bonchev–Trinajstić information content (AvgIpc) is 2.95. The minimum atomic E-state index is -0.250. The molecule has 0 atom stereocenters. The first-order valence-electron chi connectivity index (χ1n) is 9.10. The molecule has 0 radical (unpaired) electrons. The Morgan fingerprint density at radius 3 is 2.60 bits per heavy atom. The first-order chi connectivity index (χ1) is 12.2. The highest BCUT2D eigenvalue weighted by Gasteiger charge is 2.28. The van der Waals surface area contributed by atoms with Gasteiger partial charge in [-0.1, -0.05) is 18.2 Å². The molecule has 0 bridgehead atoms. The van der Waals surface area contributed by atoms with E-state index in [2.05, 4.69) is 22.3 Å². The molecule has 3 rings (SSSR count). The van der Waals surface area contributed by atoms with Gasteiger partial charge in [-0.25, -0.2) is 4.79 Å². The molecule has 6 heteroatoms. The van der Waals surface area contributed by atoms with Crippen LogP contribution in [0.5, 0.6) is 5.75 Å². The molecule has 1 aromatic rings. The molecule has 25 heavy (non-hydrogen) atoms.